The second kappa shape index (κ2) is 9.02. The molecule has 1 amide bonds. The van der Waals surface area contributed by atoms with Gasteiger partial charge in [-0.05, 0) is 48.5 Å². The number of hydrogen-bond donors (Lipinski definition) is 1. The van der Waals surface area contributed by atoms with Crippen LogP contribution in [0.2, 0.25) is 0 Å². The summed E-state index contributed by atoms with van der Waals surface area (Å²) in [5.41, 5.74) is -0.618. The van der Waals surface area contributed by atoms with Gasteiger partial charge in [-0.3, -0.25) is 4.79 Å². The molecular formula is C19H19F3N2O5S. The average molecular weight is 444 g/mol. The molecule has 0 aliphatic carbocycles. The highest BCUT2D eigenvalue weighted by Gasteiger charge is 2.30. The first-order valence-electron chi connectivity index (χ1n) is 8.94. The van der Waals surface area contributed by atoms with Crippen molar-refractivity contribution < 1.29 is 35.9 Å². The molecule has 1 fully saturated rings. The van der Waals surface area contributed by atoms with Crippen LogP contribution in [0.1, 0.15) is 5.56 Å². The third-order valence-electron chi connectivity index (χ3n) is 4.30. The van der Waals surface area contributed by atoms with Crippen molar-refractivity contribution in [1.29, 1.82) is 0 Å². The van der Waals surface area contributed by atoms with E-state index in [1.54, 1.807) is 0 Å². The van der Waals surface area contributed by atoms with E-state index in [9.17, 15) is 26.4 Å². The van der Waals surface area contributed by atoms with Gasteiger partial charge in [-0.1, -0.05) is 0 Å². The summed E-state index contributed by atoms with van der Waals surface area (Å²) in [4.78, 5) is 12.0. The van der Waals surface area contributed by atoms with Gasteiger partial charge < -0.3 is 14.8 Å². The van der Waals surface area contributed by atoms with Gasteiger partial charge in [-0.2, -0.15) is 17.5 Å². The smallest absolute Gasteiger partial charge is 0.416 e. The lowest BCUT2D eigenvalue weighted by molar-refractivity contribution is -0.137. The summed E-state index contributed by atoms with van der Waals surface area (Å²) >= 11 is 0. The van der Waals surface area contributed by atoms with Gasteiger partial charge in [0.1, 0.15) is 5.75 Å². The zero-order valence-electron chi connectivity index (χ0n) is 15.7. The number of ether oxygens (including phenoxy) is 2. The number of rotatable bonds is 6. The van der Waals surface area contributed by atoms with E-state index in [0.29, 0.717) is 13.2 Å². The van der Waals surface area contributed by atoms with Gasteiger partial charge in [0, 0.05) is 18.8 Å². The number of carbonyl (C=O) groups is 1. The summed E-state index contributed by atoms with van der Waals surface area (Å²) in [5, 5.41) is 2.42. The van der Waals surface area contributed by atoms with Crippen LogP contribution in [-0.4, -0.2) is 51.5 Å². The molecule has 0 spiro atoms. The lowest BCUT2D eigenvalue weighted by Crippen LogP contribution is -2.40. The molecule has 1 saturated heterocycles. The number of benzene rings is 2. The Balaban J connectivity index is 1.54. The van der Waals surface area contributed by atoms with Gasteiger partial charge in [0.15, 0.2) is 6.61 Å². The minimum atomic E-state index is -4.45. The van der Waals surface area contributed by atoms with Crippen LogP contribution in [0.25, 0.3) is 0 Å². The van der Waals surface area contributed by atoms with E-state index in [1.807, 2.05) is 0 Å². The van der Waals surface area contributed by atoms with Crippen molar-refractivity contribution in [3.63, 3.8) is 0 Å². The van der Waals surface area contributed by atoms with Crippen molar-refractivity contribution in [1.82, 2.24) is 4.31 Å². The standard InChI is InChI=1S/C19H19F3N2O5S/c20-19(21,22)14-1-3-15(4-2-14)23-18(25)13-29-16-5-7-17(8-6-16)30(26,27)24-9-11-28-12-10-24/h1-8H,9-13H2,(H,23,25). The number of nitrogens with zero attached hydrogens (tertiary/aromatic N) is 1. The van der Waals surface area contributed by atoms with Gasteiger partial charge in [0.05, 0.1) is 23.7 Å². The Morgan fingerprint density at radius 2 is 1.63 bits per heavy atom. The zero-order valence-corrected chi connectivity index (χ0v) is 16.5. The Morgan fingerprint density at radius 3 is 2.20 bits per heavy atom. The van der Waals surface area contributed by atoms with Crippen LogP contribution in [0, 0.1) is 0 Å². The number of morpholine rings is 1. The average Bonchev–Trinajstić information content (AvgIpc) is 2.73. The maximum Gasteiger partial charge on any atom is 0.416 e. The summed E-state index contributed by atoms with van der Waals surface area (Å²) in [7, 11) is -3.63. The molecule has 11 heteroatoms. The molecule has 0 atom stereocenters. The molecule has 2 aromatic carbocycles. The summed E-state index contributed by atoms with van der Waals surface area (Å²) in [6.45, 7) is 0.856. The Bertz CT molecular complexity index is 971. The topological polar surface area (TPSA) is 84.9 Å². The molecule has 3 rings (SSSR count). The molecule has 30 heavy (non-hydrogen) atoms. The number of anilines is 1. The molecule has 2 aromatic rings. The highest BCUT2D eigenvalue weighted by Crippen LogP contribution is 2.29. The first-order chi connectivity index (χ1) is 14.2. The van der Waals surface area contributed by atoms with Gasteiger partial charge in [0.2, 0.25) is 10.0 Å². The van der Waals surface area contributed by atoms with Crippen LogP contribution in [0.5, 0.6) is 5.75 Å². The molecule has 1 aliphatic rings. The number of alkyl halides is 3. The summed E-state index contributed by atoms with van der Waals surface area (Å²) in [6.07, 6.45) is -4.45. The Hall–Kier alpha value is -2.63. The molecule has 0 aromatic heterocycles. The highest BCUT2D eigenvalue weighted by atomic mass is 32.2. The van der Waals surface area contributed by atoms with E-state index in [1.165, 1.54) is 28.6 Å². The SMILES string of the molecule is O=C(COc1ccc(S(=O)(=O)N2CCOCC2)cc1)Nc1ccc(C(F)(F)F)cc1. The minimum absolute atomic E-state index is 0.103. The van der Waals surface area contributed by atoms with Gasteiger partial charge in [-0.15, -0.1) is 0 Å². The Kier molecular flexibility index (Phi) is 6.64. The lowest BCUT2D eigenvalue weighted by Gasteiger charge is -2.26. The lowest BCUT2D eigenvalue weighted by atomic mass is 10.2. The molecule has 1 heterocycles. The van der Waals surface area contributed by atoms with Crippen molar-refractivity contribution >= 4 is 21.6 Å². The number of nitrogens with one attached hydrogen (secondary N) is 1. The van der Waals surface area contributed by atoms with Crippen LogP contribution in [0.3, 0.4) is 0 Å². The quantitative estimate of drug-likeness (QED) is 0.741. The van der Waals surface area contributed by atoms with E-state index in [0.717, 1.165) is 24.3 Å². The van der Waals surface area contributed by atoms with Crippen LogP contribution < -0.4 is 10.1 Å². The third kappa shape index (κ3) is 5.49. The van der Waals surface area contributed by atoms with Crippen LogP contribution in [-0.2, 0) is 25.7 Å². The monoisotopic (exact) mass is 444 g/mol. The van der Waals surface area contributed by atoms with Crippen LogP contribution >= 0.6 is 0 Å². The summed E-state index contributed by atoms with van der Waals surface area (Å²) in [6, 6.07) is 9.64. The van der Waals surface area contributed by atoms with Crippen molar-refractivity contribution in [2.45, 2.75) is 11.1 Å². The molecule has 162 valence electrons. The summed E-state index contributed by atoms with van der Waals surface area (Å²) < 4.78 is 74.5. The molecule has 1 aliphatic heterocycles. The maximum absolute atomic E-state index is 12.5. The third-order valence-corrected chi connectivity index (χ3v) is 6.21. The Morgan fingerprint density at radius 1 is 1.03 bits per heavy atom. The van der Waals surface area contributed by atoms with Gasteiger partial charge >= 0.3 is 6.18 Å². The van der Waals surface area contributed by atoms with Gasteiger partial charge in [0.25, 0.3) is 5.91 Å². The van der Waals surface area contributed by atoms with Gasteiger partial charge in [-0.25, -0.2) is 8.42 Å². The van der Waals surface area contributed by atoms with Crippen molar-refractivity contribution in [3.8, 4) is 5.75 Å². The van der Waals surface area contributed by atoms with E-state index in [4.69, 9.17) is 9.47 Å². The first kappa shape index (κ1) is 22.1. The molecule has 7 nitrogen and oxygen atoms in total. The molecule has 0 unspecified atom stereocenters. The normalized spacial score (nSPS) is 15.6. The zero-order chi connectivity index (χ0) is 21.8. The largest absolute Gasteiger partial charge is 0.484 e. The van der Waals surface area contributed by atoms with Crippen molar-refractivity contribution in [3.05, 3.63) is 54.1 Å². The number of sulfonamides is 1. The first-order valence-corrected chi connectivity index (χ1v) is 10.4. The second-order valence-electron chi connectivity index (χ2n) is 6.40. The number of amides is 1. The van der Waals surface area contributed by atoms with Crippen molar-refractivity contribution in [2.24, 2.45) is 0 Å². The van der Waals surface area contributed by atoms with Crippen LogP contribution in [0.4, 0.5) is 18.9 Å². The van der Waals surface area contributed by atoms with Crippen molar-refractivity contribution in [2.75, 3.05) is 38.2 Å². The molecule has 1 N–H and O–H groups in total. The van der Waals surface area contributed by atoms with E-state index < -0.39 is 34.3 Å². The minimum Gasteiger partial charge on any atom is -0.484 e. The second-order valence-corrected chi connectivity index (χ2v) is 8.34. The summed E-state index contributed by atoms with van der Waals surface area (Å²) in [5.74, 6) is -0.293. The molecule has 0 bridgehead atoms. The predicted molar refractivity (Wildman–Crippen MR) is 102 cm³/mol. The molecular weight excluding hydrogens is 425 g/mol. The van der Waals surface area contributed by atoms with E-state index in [2.05, 4.69) is 5.32 Å². The fraction of sp³-hybridized carbons (Fsp3) is 0.316. The Labute approximate surface area is 171 Å². The predicted octanol–water partition coefficient (Wildman–Crippen LogP) is 2.74. The highest BCUT2D eigenvalue weighted by molar-refractivity contribution is 7.89. The van der Waals surface area contributed by atoms with Crippen LogP contribution in [0.15, 0.2) is 53.4 Å². The van der Waals surface area contributed by atoms with E-state index in [-0.39, 0.29) is 29.4 Å². The number of hydrogen-bond acceptors (Lipinski definition) is 5. The number of halogens is 3. The fourth-order valence-corrected chi connectivity index (χ4v) is 4.14. The van der Waals surface area contributed by atoms with E-state index >= 15 is 0 Å². The molecule has 0 saturated carbocycles. The fourth-order valence-electron chi connectivity index (χ4n) is 2.73. The number of carbonyl (C=O) groups excluding carboxylic acids is 1. The molecule has 0 radical (unpaired) electrons. The maximum atomic E-state index is 12.5.